The van der Waals surface area contributed by atoms with E-state index >= 15 is 0 Å². The van der Waals surface area contributed by atoms with E-state index in [1.54, 1.807) is 30.6 Å². The van der Waals surface area contributed by atoms with Crippen LogP contribution in [0.2, 0.25) is 0 Å². The van der Waals surface area contributed by atoms with Crippen molar-refractivity contribution in [3.63, 3.8) is 0 Å². The molecule has 0 spiro atoms. The lowest BCUT2D eigenvalue weighted by Gasteiger charge is -2.21. The number of nitrogens with one attached hydrogen (secondary N) is 1. The largest absolute Gasteiger partial charge is 0.394 e. The van der Waals surface area contributed by atoms with Crippen molar-refractivity contribution in [2.24, 2.45) is 0 Å². The number of aliphatic hydroxyl groups excluding tert-OH is 3. The number of ether oxygens (including phenoxy) is 1. The first kappa shape index (κ1) is 15.9. The van der Waals surface area contributed by atoms with Gasteiger partial charge in [-0.25, -0.2) is 15.0 Å². The van der Waals surface area contributed by atoms with Crippen LogP contribution in [0, 0.1) is 0 Å². The van der Waals surface area contributed by atoms with Crippen LogP contribution in [0.5, 0.6) is 0 Å². The van der Waals surface area contributed by atoms with E-state index in [1.807, 2.05) is 0 Å². The van der Waals surface area contributed by atoms with Gasteiger partial charge >= 0.3 is 0 Å². The van der Waals surface area contributed by atoms with Gasteiger partial charge in [0.05, 0.1) is 6.61 Å². The van der Waals surface area contributed by atoms with E-state index in [1.165, 1.54) is 6.33 Å². The monoisotopic (exact) mass is 324 g/mol. The van der Waals surface area contributed by atoms with E-state index < -0.39 is 31.1 Å². The van der Waals surface area contributed by atoms with Gasteiger partial charge in [0.25, 0.3) is 0 Å². The zero-order valence-electron chi connectivity index (χ0n) is 13.1. The molecule has 1 aliphatic heterocycles. The van der Waals surface area contributed by atoms with E-state index in [2.05, 4.69) is 20.3 Å². The Labute approximate surface area is 132 Å². The summed E-state index contributed by atoms with van der Waals surface area (Å²) >= 11 is 0. The number of hydrogen-bond donors (Lipinski definition) is 4. The first-order chi connectivity index (χ1) is 11.0. The number of aliphatic hydroxyl groups is 3. The molecule has 10 nitrogen and oxygen atoms in total. The fourth-order valence-electron chi connectivity index (χ4n) is 2.72. The van der Waals surface area contributed by atoms with E-state index in [0.29, 0.717) is 22.9 Å². The third-order valence-electron chi connectivity index (χ3n) is 3.87. The smallest absolute Gasteiger partial charge is 0.209 e. The second-order valence-corrected chi connectivity index (χ2v) is 5.55. The van der Waals surface area contributed by atoms with Gasteiger partial charge in [-0.3, -0.25) is 4.57 Å². The third kappa shape index (κ3) is 2.39. The van der Waals surface area contributed by atoms with Crippen LogP contribution >= 0.6 is 0 Å². The predicted molar refractivity (Wildman–Crippen MR) is 82.2 cm³/mol. The lowest BCUT2D eigenvalue weighted by atomic mass is 10.1. The number of aromatic nitrogens is 4. The molecule has 0 radical (unpaired) electrons. The van der Waals surface area contributed by atoms with Crippen molar-refractivity contribution >= 4 is 22.9 Å². The molecule has 0 saturated carbocycles. The molecule has 1 aliphatic rings. The van der Waals surface area contributed by atoms with Gasteiger partial charge in [-0.15, -0.1) is 0 Å². The second-order valence-electron chi connectivity index (χ2n) is 5.55. The number of anilines is 2. The maximum absolute atomic E-state index is 10.3. The summed E-state index contributed by atoms with van der Waals surface area (Å²) in [5, 5.41) is 32.5. The first-order valence-corrected chi connectivity index (χ1v) is 7.20. The molecule has 3 rings (SSSR count). The Kier molecular flexibility index (Phi) is 4.06. The van der Waals surface area contributed by atoms with Crippen molar-refractivity contribution in [1.82, 2.24) is 19.5 Å². The predicted octanol–water partition coefficient (Wildman–Crippen LogP) is -1.45. The Morgan fingerprint density at radius 3 is 2.61 bits per heavy atom. The van der Waals surface area contributed by atoms with E-state index in [9.17, 15) is 15.3 Å². The lowest BCUT2D eigenvalue weighted by molar-refractivity contribution is -0.0503. The van der Waals surface area contributed by atoms with Crippen LogP contribution in [0.25, 0.3) is 11.2 Å². The van der Waals surface area contributed by atoms with E-state index in [-0.39, 0.29) is 0 Å². The molecule has 0 bridgehead atoms. The highest BCUT2D eigenvalue weighted by Gasteiger charge is 2.45. The molecule has 126 valence electrons. The molecular formula is C13H20N6O4. The number of nitrogens with zero attached hydrogens (tertiary/aromatic N) is 5. The average molecular weight is 324 g/mol. The molecule has 3 heterocycles. The standard InChI is InChI=1S/C13H20N6O4/c1-14-10-7-11(16-5-15-10)19(13(17-7)18(2)3)12-9(22)8(21)6(4-20)23-12/h5-6,8-9,12,20-22H,4H2,1-3H3,(H,14,15,16). The molecule has 10 heteroatoms. The molecular weight excluding hydrogens is 304 g/mol. The number of imidazole rings is 1. The van der Waals surface area contributed by atoms with Crippen LogP contribution in [0.1, 0.15) is 6.23 Å². The summed E-state index contributed by atoms with van der Waals surface area (Å²) in [6.45, 7) is -0.393. The number of rotatable bonds is 4. The van der Waals surface area contributed by atoms with Crippen molar-refractivity contribution in [2.45, 2.75) is 24.5 Å². The Morgan fingerprint density at radius 1 is 1.30 bits per heavy atom. The minimum atomic E-state index is -1.21. The van der Waals surface area contributed by atoms with Gasteiger partial charge in [0.15, 0.2) is 23.2 Å². The topological polar surface area (TPSA) is 129 Å². The van der Waals surface area contributed by atoms with Crippen molar-refractivity contribution in [2.75, 3.05) is 38.0 Å². The Balaban J connectivity index is 2.18. The molecule has 1 saturated heterocycles. The van der Waals surface area contributed by atoms with Crippen LogP contribution in [0.15, 0.2) is 6.33 Å². The maximum atomic E-state index is 10.3. The van der Waals surface area contributed by atoms with Crippen LogP contribution in [0.3, 0.4) is 0 Å². The molecule has 23 heavy (non-hydrogen) atoms. The third-order valence-corrected chi connectivity index (χ3v) is 3.87. The van der Waals surface area contributed by atoms with Crippen molar-refractivity contribution in [1.29, 1.82) is 0 Å². The second kappa shape index (κ2) is 5.89. The van der Waals surface area contributed by atoms with Crippen molar-refractivity contribution in [3.05, 3.63) is 6.33 Å². The summed E-state index contributed by atoms with van der Waals surface area (Å²) in [6.07, 6.45) is -2.80. The van der Waals surface area contributed by atoms with Crippen LogP contribution in [0.4, 0.5) is 11.8 Å². The highest BCUT2D eigenvalue weighted by molar-refractivity contribution is 5.85. The zero-order valence-corrected chi connectivity index (χ0v) is 13.1. The average Bonchev–Trinajstić information content (AvgIpc) is 3.06. The van der Waals surface area contributed by atoms with E-state index in [4.69, 9.17) is 4.74 Å². The van der Waals surface area contributed by atoms with Gasteiger partial charge in [0, 0.05) is 21.1 Å². The van der Waals surface area contributed by atoms with Crippen LogP contribution in [-0.4, -0.2) is 80.9 Å². The van der Waals surface area contributed by atoms with E-state index in [0.717, 1.165) is 0 Å². The summed E-state index contributed by atoms with van der Waals surface area (Å²) in [5.74, 6) is 1.04. The summed E-state index contributed by atoms with van der Waals surface area (Å²) in [5.41, 5.74) is 0.985. The summed E-state index contributed by atoms with van der Waals surface area (Å²) in [4.78, 5) is 14.6. The highest BCUT2D eigenvalue weighted by atomic mass is 16.6. The highest BCUT2D eigenvalue weighted by Crippen LogP contribution is 2.35. The molecule has 4 unspecified atom stereocenters. The minimum Gasteiger partial charge on any atom is -0.394 e. The van der Waals surface area contributed by atoms with Crippen LogP contribution in [-0.2, 0) is 4.74 Å². The summed E-state index contributed by atoms with van der Waals surface area (Å²) < 4.78 is 7.22. The number of fused-ring (bicyclic) bond motifs is 1. The van der Waals surface area contributed by atoms with Gasteiger partial charge in [-0.1, -0.05) is 0 Å². The molecule has 0 aliphatic carbocycles. The normalized spacial score (nSPS) is 27.6. The molecule has 0 aromatic carbocycles. The Hall–Kier alpha value is -2.01. The molecule has 1 fully saturated rings. The van der Waals surface area contributed by atoms with Crippen molar-refractivity contribution in [3.8, 4) is 0 Å². The van der Waals surface area contributed by atoms with Crippen molar-refractivity contribution < 1.29 is 20.1 Å². The molecule has 2 aromatic rings. The minimum absolute atomic E-state index is 0.393. The van der Waals surface area contributed by atoms with Crippen LogP contribution < -0.4 is 10.2 Å². The quantitative estimate of drug-likeness (QED) is 0.533. The van der Waals surface area contributed by atoms with Gasteiger partial charge in [-0.05, 0) is 0 Å². The lowest BCUT2D eigenvalue weighted by Crippen LogP contribution is -2.33. The fourth-order valence-corrected chi connectivity index (χ4v) is 2.72. The first-order valence-electron chi connectivity index (χ1n) is 7.20. The number of hydrogen-bond acceptors (Lipinski definition) is 9. The van der Waals surface area contributed by atoms with Gasteiger partial charge in [0.1, 0.15) is 24.6 Å². The van der Waals surface area contributed by atoms with Gasteiger partial charge in [0.2, 0.25) is 5.95 Å². The van der Waals surface area contributed by atoms with Gasteiger partial charge < -0.3 is 30.3 Å². The maximum Gasteiger partial charge on any atom is 0.209 e. The Morgan fingerprint density at radius 2 is 2.04 bits per heavy atom. The fraction of sp³-hybridized carbons (Fsp3) is 0.615. The molecule has 4 atom stereocenters. The van der Waals surface area contributed by atoms with Gasteiger partial charge in [-0.2, -0.15) is 0 Å². The Bertz CT molecular complexity index is 705. The summed E-state index contributed by atoms with van der Waals surface area (Å²) in [6, 6.07) is 0. The SMILES string of the molecule is CNc1ncnc2c1nc(N(C)C)n2C1OC(CO)C(O)C1O. The molecule has 2 aromatic heterocycles. The molecule has 0 amide bonds. The zero-order chi connectivity index (χ0) is 16.7. The molecule has 4 N–H and O–H groups in total. The summed E-state index contributed by atoms with van der Waals surface area (Å²) in [7, 11) is 5.32.